The predicted octanol–water partition coefficient (Wildman–Crippen LogP) is 6.38. The molecule has 1 aliphatic rings. The Balaban J connectivity index is 1.86. The maximum atomic E-state index is 12.9. The first-order chi connectivity index (χ1) is 13.6. The highest BCUT2D eigenvalue weighted by molar-refractivity contribution is 14.1. The van der Waals surface area contributed by atoms with Crippen molar-refractivity contribution >= 4 is 28.6 Å². The SMILES string of the molecule is Cc1ccc([C@@H]2C[C@H](CC(=O)O)CCN2[C@H](I)c2ccc(C(F)(F)F)cc2)cc1. The maximum Gasteiger partial charge on any atom is 0.416 e. The molecule has 0 unspecified atom stereocenters. The summed E-state index contributed by atoms with van der Waals surface area (Å²) in [5, 5.41) is 9.20. The Kier molecular flexibility index (Phi) is 6.88. The van der Waals surface area contributed by atoms with Gasteiger partial charge in [-0.1, -0.05) is 64.6 Å². The minimum absolute atomic E-state index is 0.0258. The van der Waals surface area contributed by atoms with Gasteiger partial charge in [0.15, 0.2) is 0 Å². The average molecular weight is 517 g/mol. The van der Waals surface area contributed by atoms with Gasteiger partial charge in [-0.15, -0.1) is 0 Å². The molecular weight excluding hydrogens is 494 g/mol. The van der Waals surface area contributed by atoms with Crippen LogP contribution in [0.25, 0.3) is 0 Å². The van der Waals surface area contributed by atoms with E-state index in [0.29, 0.717) is 6.54 Å². The van der Waals surface area contributed by atoms with Crippen LogP contribution in [0.2, 0.25) is 0 Å². The van der Waals surface area contributed by atoms with E-state index in [1.54, 1.807) is 0 Å². The molecule has 3 rings (SSSR count). The number of carbonyl (C=O) groups is 1. The van der Waals surface area contributed by atoms with Gasteiger partial charge in [-0.3, -0.25) is 9.69 Å². The fourth-order valence-electron chi connectivity index (χ4n) is 3.90. The molecule has 0 aromatic heterocycles. The second-order valence-corrected chi connectivity index (χ2v) is 8.79. The summed E-state index contributed by atoms with van der Waals surface area (Å²) in [6, 6.07) is 13.5. The molecule has 1 fully saturated rings. The topological polar surface area (TPSA) is 40.5 Å². The Hall–Kier alpha value is -1.61. The Bertz CT molecular complexity index is 837. The summed E-state index contributed by atoms with van der Waals surface area (Å²) < 4.78 is 38.5. The van der Waals surface area contributed by atoms with E-state index in [0.717, 1.165) is 41.7 Å². The summed E-state index contributed by atoms with van der Waals surface area (Å²) >= 11 is 2.27. The highest BCUT2D eigenvalue weighted by atomic mass is 127. The van der Waals surface area contributed by atoms with Crippen molar-refractivity contribution in [1.29, 1.82) is 0 Å². The number of piperidine rings is 1. The van der Waals surface area contributed by atoms with E-state index >= 15 is 0 Å². The molecule has 2 aromatic carbocycles. The molecule has 156 valence electrons. The number of rotatable bonds is 5. The number of carboxylic acid groups (broad SMARTS) is 1. The van der Waals surface area contributed by atoms with Crippen LogP contribution < -0.4 is 0 Å². The number of alkyl halides is 4. The average Bonchev–Trinajstić information content (AvgIpc) is 2.67. The van der Waals surface area contributed by atoms with E-state index in [1.165, 1.54) is 12.1 Å². The van der Waals surface area contributed by atoms with Crippen LogP contribution in [0.1, 0.15) is 51.6 Å². The fraction of sp³-hybridized carbons (Fsp3) is 0.409. The normalized spacial score (nSPS) is 21.7. The summed E-state index contributed by atoms with van der Waals surface area (Å²) in [6.07, 6.45) is -2.73. The lowest BCUT2D eigenvalue weighted by atomic mass is 9.84. The highest BCUT2D eigenvalue weighted by Crippen LogP contribution is 2.43. The molecule has 7 heteroatoms. The Morgan fingerprint density at radius 2 is 1.79 bits per heavy atom. The summed E-state index contributed by atoms with van der Waals surface area (Å²) in [5.41, 5.74) is 2.42. The smallest absolute Gasteiger partial charge is 0.416 e. The maximum absolute atomic E-state index is 12.9. The van der Waals surface area contributed by atoms with Crippen LogP contribution in [0.4, 0.5) is 13.2 Å². The second-order valence-electron chi connectivity index (χ2n) is 7.61. The number of hydrogen-bond donors (Lipinski definition) is 1. The molecule has 0 saturated carbocycles. The number of nitrogens with zero attached hydrogens (tertiary/aromatic N) is 1. The molecule has 3 nitrogen and oxygen atoms in total. The van der Waals surface area contributed by atoms with Gasteiger partial charge in [0.2, 0.25) is 0 Å². The van der Waals surface area contributed by atoms with Gasteiger partial charge in [0, 0.05) is 19.0 Å². The van der Waals surface area contributed by atoms with Gasteiger partial charge >= 0.3 is 12.1 Å². The Labute approximate surface area is 182 Å². The first-order valence-corrected chi connectivity index (χ1v) is 10.7. The van der Waals surface area contributed by atoms with E-state index < -0.39 is 17.7 Å². The van der Waals surface area contributed by atoms with Gasteiger partial charge < -0.3 is 5.11 Å². The molecule has 1 aliphatic heterocycles. The van der Waals surface area contributed by atoms with Crippen LogP contribution in [-0.4, -0.2) is 22.5 Å². The number of likely N-dealkylation sites (tertiary alicyclic amines) is 1. The number of halogens is 4. The summed E-state index contributed by atoms with van der Waals surface area (Å²) in [7, 11) is 0. The zero-order valence-corrected chi connectivity index (χ0v) is 18.2. The van der Waals surface area contributed by atoms with Crippen LogP contribution >= 0.6 is 22.6 Å². The molecule has 0 aliphatic carbocycles. The molecule has 0 bridgehead atoms. The minimum Gasteiger partial charge on any atom is -0.481 e. The standard InChI is InChI=1S/C22H23F3INO2/c1-14-2-4-16(5-3-14)19-12-15(13-20(28)29)10-11-27(19)21(26)17-6-8-18(9-7-17)22(23,24)25/h2-9,15,19,21H,10-13H2,1H3,(H,28,29)/t15-,19+,21+/m1/s1. The van der Waals surface area contributed by atoms with Crippen LogP contribution in [-0.2, 0) is 11.0 Å². The Morgan fingerprint density at radius 3 is 2.34 bits per heavy atom. The van der Waals surface area contributed by atoms with Crippen molar-refractivity contribution in [2.45, 2.75) is 42.5 Å². The molecule has 0 radical (unpaired) electrons. The lowest BCUT2D eigenvalue weighted by Gasteiger charge is -2.42. The first kappa shape index (κ1) is 22.1. The number of carboxylic acids is 1. The quantitative estimate of drug-likeness (QED) is 0.285. The van der Waals surface area contributed by atoms with Crippen molar-refractivity contribution in [1.82, 2.24) is 4.90 Å². The largest absolute Gasteiger partial charge is 0.481 e. The molecule has 0 spiro atoms. The summed E-state index contributed by atoms with van der Waals surface area (Å²) in [6.45, 7) is 2.71. The molecule has 2 aromatic rings. The molecule has 1 saturated heterocycles. The fourth-order valence-corrected chi connectivity index (χ4v) is 4.98. The highest BCUT2D eigenvalue weighted by Gasteiger charge is 2.35. The third-order valence-electron chi connectivity index (χ3n) is 5.48. The molecule has 0 amide bonds. The van der Waals surface area contributed by atoms with Crippen molar-refractivity contribution in [3.8, 4) is 0 Å². The number of aryl methyl sites for hydroxylation is 1. The zero-order chi connectivity index (χ0) is 21.2. The lowest BCUT2D eigenvalue weighted by Crippen LogP contribution is -2.38. The van der Waals surface area contributed by atoms with Gasteiger partial charge in [0.25, 0.3) is 0 Å². The molecule has 29 heavy (non-hydrogen) atoms. The van der Waals surface area contributed by atoms with E-state index in [1.807, 2.05) is 19.1 Å². The van der Waals surface area contributed by atoms with Crippen molar-refractivity contribution in [3.63, 3.8) is 0 Å². The number of hydrogen-bond acceptors (Lipinski definition) is 2. The molecule has 3 atom stereocenters. The van der Waals surface area contributed by atoms with Crippen molar-refractivity contribution in [3.05, 3.63) is 70.8 Å². The van der Waals surface area contributed by atoms with E-state index in [4.69, 9.17) is 0 Å². The number of benzene rings is 2. The van der Waals surface area contributed by atoms with Crippen LogP contribution in [0.15, 0.2) is 48.5 Å². The van der Waals surface area contributed by atoms with Gasteiger partial charge in [-0.25, -0.2) is 0 Å². The predicted molar refractivity (Wildman–Crippen MR) is 114 cm³/mol. The van der Waals surface area contributed by atoms with Crippen LogP contribution in [0.5, 0.6) is 0 Å². The van der Waals surface area contributed by atoms with Crippen LogP contribution in [0.3, 0.4) is 0 Å². The van der Waals surface area contributed by atoms with Crippen molar-refractivity contribution in [2.75, 3.05) is 6.54 Å². The monoisotopic (exact) mass is 517 g/mol. The summed E-state index contributed by atoms with van der Waals surface area (Å²) in [5.74, 6) is -0.703. The van der Waals surface area contributed by atoms with Gasteiger partial charge in [0.1, 0.15) is 0 Å². The first-order valence-electron chi connectivity index (χ1n) is 9.50. The van der Waals surface area contributed by atoms with E-state index in [-0.39, 0.29) is 22.4 Å². The van der Waals surface area contributed by atoms with E-state index in [9.17, 15) is 23.1 Å². The van der Waals surface area contributed by atoms with Gasteiger partial charge in [0.05, 0.1) is 9.61 Å². The zero-order valence-electron chi connectivity index (χ0n) is 16.0. The molecule has 1 heterocycles. The van der Waals surface area contributed by atoms with Gasteiger partial charge in [-0.05, 0) is 48.9 Å². The lowest BCUT2D eigenvalue weighted by molar-refractivity contribution is -0.139. The third kappa shape index (κ3) is 5.51. The van der Waals surface area contributed by atoms with Crippen molar-refractivity contribution < 1.29 is 23.1 Å². The van der Waals surface area contributed by atoms with Crippen molar-refractivity contribution in [2.24, 2.45) is 5.92 Å². The Morgan fingerprint density at radius 1 is 1.17 bits per heavy atom. The second kappa shape index (κ2) is 9.04. The molecule has 1 N–H and O–H groups in total. The number of aliphatic carboxylic acids is 1. The van der Waals surface area contributed by atoms with Gasteiger partial charge in [-0.2, -0.15) is 13.2 Å². The molecular formula is C22H23F3INO2. The third-order valence-corrected chi connectivity index (χ3v) is 6.92. The minimum atomic E-state index is -4.35. The van der Waals surface area contributed by atoms with E-state index in [2.05, 4.69) is 39.6 Å². The summed E-state index contributed by atoms with van der Waals surface area (Å²) in [4.78, 5) is 13.5. The van der Waals surface area contributed by atoms with Crippen LogP contribution in [0, 0.1) is 12.8 Å².